The number of hydrogen-bond donors (Lipinski definition) is 1. The van der Waals surface area contributed by atoms with Crippen molar-refractivity contribution in [1.82, 2.24) is 20.0 Å². The van der Waals surface area contributed by atoms with Crippen LogP contribution in [0.15, 0.2) is 54.6 Å². The number of piperazine rings is 1. The van der Waals surface area contributed by atoms with Gasteiger partial charge in [-0.15, -0.1) is 10.2 Å². The van der Waals surface area contributed by atoms with Crippen LogP contribution in [0.25, 0.3) is 0 Å². The van der Waals surface area contributed by atoms with Crippen LogP contribution in [0, 0.1) is 0 Å². The first-order chi connectivity index (χ1) is 15.5. The molecule has 2 aromatic carbocycles. The van der Waals surface area contributed by atoms with Crippen LogP contribution in [0.3, 0.4) is 0 Å². The highest BCUT2D eigenvalue weighted by Gasteiger charge is 2.21. The first-order valence-electron chi connectivity index (χ1n) is 9.95. The highest BCUT2D eigenvalue weighted by atomic mass is 35.5. The number of nitrogens with one attached hydrogen (secondary N) is 1. The maximum absolute atomic E-state index is 12.4. The molecule has 0 saturated carbocycles. The number of halogens is 3. The van der Waals surface area contributed by atoms with Gasteiger partial charge in [-0.2, -0.15) is 0 Å². The molecule has 0 radical (unpaired) electrons. The molecule has 0 unspecified atom stereocenters. The summed E-state index contributed by atoms with van der Waals surface area (Å²) in [6.45, 7) is 3.52. The topological polar surface area (TPSA) is 70.6 Å². The summed E-state index contributed by atoms with van der Waals surface area (Å²) in [6.07, 6.45) is 0. The lowest BCUT2D eigenvalue weighted by Gasteiger charge is -2.34. The standard InChI is InChI=1S/C22H20Cl3N5O2/c23-18-5-4-17(13-19(18)24)32-16-3-1-2-15(12-16)14-29-8-10-30(11-9-29)22(31)26-21-7-6-20(25)27-28-21/h1-7,12-13H,8-11,14H2,(H,26,28,31). The number of hydrogen-bond acceptors (Lipinski definition) is 5. The summed E-state index contributed by atoms with van der Waals surface area (Å²) in [7, 11) is 0. The van der Waals surface area contributed by atoms with E-state index in [0.717, 1.165) is 30.9 Å². The largest absolute Gasteiger partial charge is 0.457 e. The monoisotopic (exact) mass is 491 g/mol. The molecular formula is C22H20Cl3N5O2. The van der Waals surface area contributed by atoms with Crippen LogP contribution in [0.1, 0.15) is 5.56 Å². The molecule has 4 rings (SSSR count). The molecule has 0 spiro atoms. The number of rotatable bonds is 5. The van der Waals surface area contributed by atoms with Gasteiger partial charge in [-0.3, -0.25) is 10.2 Å². The van der Waals surface area contributed by atoms with Gasteiger partial charge in [0.1, 0.15) is 11.5 Å². The minimum atomic E-state index is -0.196. The first-order valence-corrected chi connectivity index (χ1v) is 11.1. The Kier molecular flexibility index (Phi) is 7.32. The Morgan fingerprint density at radius 3 is 2.41 bits per heavy atom. The normalized spacial score (nSPS) is 14.3. The van der Waals surface area contributed by atoms with Gasteiger partial charge >= 0.3 is 6.03 Å². The van der Waals surface area contributed by atoms with Gasteiger partial charge < -0.3 is 9.64 Å². The van der Waals surface area contributed by atoms with Crippen LogP contribution in [-0.4, -0.2) is 52.2 Å². The highest BCUT2D eigenvalue weighted by Crippen LogP contribution is 2.30. The minimum Gasteiger partial charge on any atom is -0.457 e. The van der Waals surface area contributed by atoms with E-state index in [1.807, 2.05) is 18.2 Å². The van der Waals surface area contributed by atoms with Crippen LogP contribution < -0.4 is 10.1 Å². The molecule has 2 amide bonds. The highest BCUT2D eigenvalue weighted by molar-refractivity contribution is 6.42. The van der Waals surface area contributed by atoms with Crippen molar-refractivity contribution in [3.63, 3.8) is 0 Å². The van der Waals surface area contributed by atoms with Crippen molar-refractivity contribution in [2.75, 3.05) is 31.5 Å². The minimum absolute atomic E-state index is 0.196. The van der Waals surface area contributed by atoms with Gasteiger partial charge in [0.15, 0.2) is 11.0 Å². The lowest BCUT2D eigenvalue weighted by molar-refractivity contribution is 0.143. The fourth-order valence-corrected chi connectivity index (χ4v) is 3.71. The SMILES string of the molecule is O=C(Nc1ccc(Cl)nn1)N1CCN(Cc2cccc(Oc3ccc(Cl)c(Cl)c3)c2)CC1. The third kappa shape index (κ3) is 6.01. The molecule has 7 nitrogen and oxygen atoms in total. The second-order valence-corrected chi connectivity index (χ2v) is 8.46. The van der Waals surface area contributed by atoms with Gasteiger partial charge in [0.25, 0.3) is 0 Å². The summed E-state index contributed by atoms with van der Waals surface area (Å²) in [4.78, 5) is 16.5. The lowest BCUT2D eigenvalue weighted by Crippen LogP contribution is -2.49. The molecule has 0 bridgehead atoms. The number of urea groups is 1. The van der Waals surface area contributed by atoms with Crippen LogP contribution in [0.5, 0.6) is 11.5 Å². The van der Waals surface area contributed by atoms with E-state index in [4.69, 9.17) is 39.5 Å². The Morgan fingerprint density at radius 1 is 0.906 bits per heavy atom. The number of aromatic nitrogens is 2. The molecule has 2 heterocycles. The summed E-state index contributed by atoms with van der Waals surface area (Å²) in [5.41, 5.74) is 1.12. The number of benzene rings is 2. The lowest BCUT2D eigenvalue weighted by atomic mass is 10.2. The Morgan fingerprint density at radius 2 is 1.69 bits per heavy atom. The molecule has 0 aliphatic carbocycles. The first kappa shape index (κ1) is 22.6. The van der Waals surface area contributed by atoms with Crippen LogP contribution >= 0.6 is 34.8 Å². The van der Waals surface area contributed by atoms with Gasteiger partial charge in [-0.05, 0) is 42.0 Å². The predicted molar refractivity (Wildman–Crippen MR) is 126 cm³/mol. The fourth-order valence-electron chi connectivity index (χ4n) is 3.32. The van der Waals surface area contributed by atoms with Crippen LogP contribution in [0.2, 0.25) is 15.2 Å². The summed E-state index contributed by atoms with van der Waals surface area (Å²) >= 11 is 17.7. The van der Waals surface area contributed by atoms with Crippen molar-refractivity contribution in [2.24, 2.45) is 0 Å². The van der Waals surface area contributed by atoms with E-state index in [9.17, 15) is 4.79 Å². The van der Waals surface area contributed by atoms with Crippen molar-refractivity contribution >= 4 is 46.7 Å². The molecule has 1 aliphatic rings. The maximum Gasteiger partial charge on any atom is 0.323 e. The summed E-state index contributed by atoms with van der Waals surface area (Å²) < 4.78 is 5.91. The molecular weight excluding hydrogens is 473 g/mol. The summed E-state index contributed by atoms with van der Waals surface area (Å²) in [5, 5.41) is 11.5. The second-order valence-electron chi connectivity index (χ2n) is 7.26. The third-order valence-electron chi connectivity index (χ3n) is 4.96. The molecule has 3 aromatic rings. The Hall–Kier alpha value is -2.58. The molecule has 0 atom stereocenters. The number of carbonyl (C=O) groups is 1. The van der Waals surface area contributed by atoms with E-state index in [-0.39, 0.29) is 11.2 Å². The number of amides is 2. The van der Waals surface area contributed by atoms with Crippen molar-refractivity contribution in [2.45, 2.75) is 6.54 Å². The van der Waals surface area contributed by atoms with Gasteiger partial charge in [-0.25, -0.2) is 4.79 Å². The van der Waals surface area contributed by atoms with Gasteiger partial charge in [0.05, 0.1) is 10.0 Å². The third-order valence-corrected chi connectivity index (χ3v) is 5.90. The van der Waals surface area contributed by atoms with E-state index in [0.29, 0.717) is 34.7 Å². The zero-order valence-electron chi connectivity index (χ0n) is 17.0. The number of carbonyl (C=O) groups excluding carboxylic acids is 1. The van der Waals surface area contributed by atoms with E-state index >= 15 is 0 Å². The molecule has 32 heavy (non-hydrogen) atoms. The van der Waals surface area contributed by atoms with Gasteiger partial charge in [0.2, 0.25) is 0 Å². The number of nitrogens with zero attached hydrogens (tertiary/aromatic N) is 4. The molecule has 1 fully saturated rings. The van der Waals surface area contributed by atoms with Gasteiger partial charge in [0, 0.05) is 38.8 Å². The molecule has 1 N–H and O–H groups in total. The quantitative estimate of drug-likeness (QED) is 0.503. The fraction of sp³-hybridized carbons (Fsp3) is 0.227. The maximum atomic E-state index is 12.4. The zero-order valence-corrected chi connectivity index (χ0v) is 19.2. The predicted octanol–water partition coefficient (Wildman–Crippen LogP) is 5.58. The van der Waals surface area contributed by atoms with E-state index in [1.54, 1.807) is 35.2 Å². The zero-order chi connectivity index (χ0) is 22.5. The van der Waals surface area contributed by atoms with Crippen molar-refractivity contribution in [1.29, 1.82) is 0 Å². The number of anilines is 1. The number of ether oxygens (including phenoxy) is 1. The molecule has 1 saturated heterocycles. The average Bonchev–Trinajstić information content (AvgIpc) is 2.79. The van der Waals surface area contributed by atoms with E-state index in [2.05, 4.69) is 26.5 Å². The molecule has 166 valence electrons. The summed E-state index contributed by atoms with van der Waals surface area (Å²) in [5.74, 6) is 1.73. The second kappa shape index (κ2) is 10.4. The van der Waals surface area contributed by atoms with Crippen LogP contribution in [0.4, 0.5) is 10.6 Å². The van der Waals surface area contributed by atoms with E-state index < -0.39 is 0 Å². The summed E-state index contributed by atoms with van der Waals surface area (Å²) in [6, 6.07) is 16.1. The Labute approximate surface area is 200 Å². The molecule has 1 aromatic heterocycles. The average molecular weight is 493 g/mol. The Bertz CT molecular complexity index is 1090. The van der Waals surface area contributed by atoms with Crippen LogP contribution in [-0.2, 0) is 6.54 Å². The van der Waals surface area contributed by atoms with Crippen molar-refractivity contribution in [3.8, 4) is 11.5 Å². The smallest absolute Gasteiger partial charge is 0.323 e. The van der Waals surface area contributed by atoms with E-state index in [1.165, 1.54) is 0 Å². The van der Waals surface area contributed by atoms with Crippen molar-refractivity contribution in [3.05, 3.63) is 75.4 Å². The van der Waals surface area contributed by atoms with Crippen molar-refractivity contribution < 1.29 is 9.53 Å². The molecule has 10 heteroatoms. The molecule has 1 aliphatic heterocycles. The van der Waals surface area contributed by atoms with Gasteiger partial charge in [-0.1, -0.05) is 46.9 Å². The Balaban J connectivity index is 1.29.